The third kappa shape index (κ3) is 1.93. The molecule has 94 valence electrons. The number of hydrogen-bond donors (Lipinski definition) is 2. The SMILES string of the molecule is Cc1nn(-c2ccc(N)cc2C(N)=O)c(C)c1Cl. The molecule has 2 rings (SSSR count). The Kier molecular flexibility index (Phi) is 3.00. The Morgan fingerprint density at radius 3 is 2.56 bits per heavy atom. The van der Waals surface area contributed by atoms with Crippen molar-refractivity contribution in [1.82, 2.24) is 9.78 Å². The summed E-state index contributed by atoms with van der Waals surface area (Å²) in [6.07, 6.45) is 0. The lowest BCUT2D eigenvalue weighted by Crippen LogP contribution is -2.16. The van der Waals surface area contributed by atoms with Crippen LogP contribution in [0, 0.1) is 13.8 Å². The molecule has 0 aliphatic carbocycles. The van der Waals surface area contributed by atoms with Gasteiger partial charge in [-0.05, 0) is 32.0 Å². The van der Waals surface area contributed by atoms with Crippen LogP contribution in [-0.2, 0) is 0 Å². The molecule has 0 aliphatic rings. The maximum absolute atomic E-state index is 11.4. The summed E-state index contributed by atoms with van der Waals surface area (Å²) in [5, 5.41) is 4.86. The first-order valence-corrected chi connectivity index (χ1v) is 5.71. The number of nitrogens with zero attached hydrogens (tertiary/aromatic N) is 2. The summed E-state index contributed by atoms with van der Waals surface area (Å²) in [6, 6.07) is 4.92. The van der Waals surface area contributed by atoms with E-state index in [9.17, 15) is 4.79 Å². The van der Waals surface area contributed by atoms with Crippen molar-refractivity contribution >= 4 is 23.2 Å². The third-order valence-corrected chi connectivity index (χ3v) is 3.26. The molecule has 0 bridgehead atoms. The van der Waals surface area contributed by atoms with Crippen LogP contribution in [0.3, 0.4) is 0 Å². The molecular weight excluding hydrogens is 252 g/mol. The van der Waals surface area contributed by atoms with Crippen molar-refractivity contribution in [3.05, 3.63) is 40.2 Å². The molecule has 1 heterocycles. The standard InChI is InChI=1S/C12H13ClN4O/c1-6-11(13)7(2)17(16-6)10-4-3-8(14)5-9(10)12(15)18/h3-5H,14H2,1-2H3,(H2,15,18). The Labute approximate surface area is 109 Å². The molecule has 5 nitrogen and oxygen atoms in total. The third-order valence-electron chi connectivity index (χ3n) is 2.72. The molecule has 0 unspecified atom stereocenters. The quantitative estimate of drug-likeness (QED) is 0.811. The molecule has 18 heavy (non-hydrogen) atoms. The average molecular weight is 265 g/mol. The fraction of sp³-hybridized carbons (Fsp3) is 0.167. The Bertz CT molecular complexity index is 633. The van der Waals surface area contributed by atoms with Crippen molar-refractivity contribution < 1.29 is 4.79 Å². The van der Waals surface area contributed by atoms with Gasteiger partial charge in [-0.15, -0.1) is 0 Å². The second-order valence-electron chi connectivity index (χ2n) is 4.04. The lowest BCUT2D eigenvalue weighted by molar-refractivity contribution is 0.1000. The van der Waals surface area contributed by atoms with E-state index in [0.29, 0.717) is 27.7 Å². The van der Waals surface area contributed by atoms with E-state index in [1.165, 1.54) is 6.07 Å². The molecule has 0 atom stereocenters. The van der Waals surface area contributed by atoms with Gasteiger partial charge in [-0.2, -0.15) is 5.10 Å². The summed E-state index contributed by atoms with van der Waals surface area (Å²) < 4.78 is 1.59. The van der Waals surface area contributed by atoms with E-state index in [1.807, 2.05) is 6.92 Å². The van der Waals surface area contributed by atoms with Crippen LogP contribution in [-0.4, -0.2) is 15.7 Å². The molecule has 4 N–H and O–H groups in total. The van der Waals surface area contributed by atoms with Gasteiger partial charge in [0.2, 0.25) is 0 Å². The highest BCUT2D eigenvalue weighted by atomic mass is 35.5. The predicted molar refractivity (Wildman–Crippen MR) is 71.0 cm³/mol. The molecule has 1 aromatic carbocycles. The summed E-state index contributed by atoms with van der Waals surface area (Å²) in [4.78, 5) is 11.4. The minimum Gasteiger partial charge on any atom is -0.399 e. The van der Waals surface area contributed by atoms with Gasteiger partial charge in [0.1, 0.15) is 0 Å². The number of hydrogen-bond acceptors (Lipinski definition) is 3. The fourth-order valence-corrected chi connectivity index (χ4v) is 1.91. The van der Waals surface area contributed by atoms with Crippen LogP contribution in [0.5, 0.6) is 0 Å². The maximum atomic E-state index is 11.4. The number of aryl methyl sites for hydroxylation is 1. The molecule has 0 saturated carbocycles. The number of nitrogens with two attached hydrogens (primary N) is 2. The van der Waals surface area contributed by atoms with E-state index in [0.717, 1.165) is 5.69 Å². The monoisotopic (exact) mass is 264 g/mol. The second-order valence-corrected chi connectivity index (χ2v) is 4.42. The number of primary amides is 1. The van der Waals surface area contributed by atoms with E-state index in [4.69, 9.17) is 23.1 Å². The van der Waals surface area contributed by atoms with Crippen molar-refractivity contribution in [3.8, 4) is 5.69 Å². The smallest absolute Gasteiger partial charge is 0.250 e. The molecule has 2 aromatic rings. The number of halogens is 1. The van der Waals surface area contributed by atoms with Crippen molar-refractivity contribution in [2.24, 2.45) is 5.73 Å². The molecule has 0 spiro atoms. The molecule has 1 aromatic heterocycles. The summed E-state index contributed by atoms with van der Waals surface area (Å²) in [7, 11) is 0. The largest absolute Gasteiger partial charge is 0.399 e. The number of anilines is 1. The highest BCUT2D eigenvalue weighted by molar-refractivity contribution is 6.31. The summed E-state index contributed by atoms with van der Waals surface area (Å²) in [5.41, 5.74) is 13.8. The van der Waals surface area contributed by atoms with Crippen LogP contribution < -0.4 is 11.5 Å². The molecule has 0 fully saturated rings. The second kappa shape index (κ2) is 4.34. The molecular formula is C12H13ClN4O. The molecule has 0 saturated heterocycles. The minimum absolute atomic E-state index is 0.317. The van der Waals surface area contributed by atoms with Crippen LogP contribution in [0.1, 0.15) is 21.7 Å². The molecule has 1 amide bonds. The summed E-state index contributed by atoms with van der Waals surface area (Å²) in [6.45, 7) is 3.62. The number of carbonyl (C=O) groups is 1. The van der Waals surface area contributed by atoms with Gasteiger partial charge < -0.3 is 11.5 Å². The van der Waals surface area contributed by atoms with Gasteiger partial charge in [-0.3, -0.25) is 4.79 Å². The van der Waals surface area contributed by atoms with Crippen molar-refractivity contribution in [2.45, 2.75) is 13.8 Å². The number of amides is 1. The van der Waals surface area contributed by atoms with Crippen LogP contribution in [0.25, 0.3) is 5.69 Å². The van der Waals surface area contributed by atoms with Crippen LogP contribution in [0.15, 0.2) is 18.2 Å². The van der Waals surface area contributed by atoms with E-state index in [1.54, 1.807) is 23.7 Å². The van der Waals surface area contributed by atoms with Crippen molar-refractivity contribution in [2.75, 3.05) is 5.73 Å². The normalized spacial score (nSPS) is 10.6. The number of nitrogen functional groups attached to an aromatic ring is 1. The van der Waals surface area contributed by atoms with Crippen LogP contribution >= 0.6 is 11.6 Å². The van der Waals surface area contributed by atoms with Gasteiger partial charge in [0.15, 0.2) is 0 Å². The Hall–Kier alpha value is -2.01. The molecule has 0 radical (unpaired) electrons. The first kappa shape index (κ1) is 12.4. The highest BCUT2D eigenvalue weighted by Crippen LogP contribution is 2.25. The van der Waals surface area contributed by atoms with Crippen molar-refractivity contribution in [3.63, 3.8) is 0 Å². The van der Waals surface area contributed by atoms with Gasteiger partial charge in [0, 0.05) is 5.69 Å². The zero-order valence-corrected chi connectivity index (χ0v) is 10.8. The zero-order chi connectivity index (χ0) is 13.4. The zero-order valence-electron chi connectivity index (χ0n) is 10.1. The number of carbonyl (C=O) groups excluding carboxylic acids is 1. The Balaban J connectivity index is 2.71. The van der Waals surface area contributed by atoms with E-state index >= 15 is 0 Å². The molecule has 0 aliphatic heterocycles. The first-order chi connectivity index (χ1) is 8.41. The maximum Gasteiger partial charge on any atom is 0.250 e. The van der Waals surface area contributed by atoms with Gasteiger partial charge in [-0.25, -0.2) is 4.68 Å². The average Bonchev–Trinajstić information content (AvgIpc) is 2.57. The Morgan fingerprint density at radius 1 is 1.39 bits per heavy atom. The first-order valence-electron chi connectivity index (χ1n) is 5.33. The van der Waals surface area contributed by atoms with E-state index in [2.05, 4.69) is 5.10 Å². The van der Waals surface area contributed by atoms with Gasteiger partial charge in [0.25, 0.3) is 5.91 Å². The van der Waals surface area contributed by atoms with Crippen molar-refractivity contribution in [1.29, 1.82) is 0 Å². The number of aromatic nitrogens is 2. The lowest BCUT2D eigenvalue weighted by Gasteiger charge is -2.09. The fourth-order valence-electron chi connectivity index (χ4n) is 1.79. The Morgan fingerprint density at radius 2 is 2.06 bits per heavy atom. The van der Waals surface area contributed by atoms with Crippen LogP contribution in [0.2, 0.25) is 5.02 Å². The summed E-state index contributed by atoms with van der Waals surface area (Å²) >= 11 is 6.09. The minimum atomic E-state index is -0.555. The van der Waals surface area contributed by atoms with Gasteiger partial charge in [-0.1, -0.05) is 11.6 Å². The van der Waals surface area contributed by atoms with Crippen LogP contribution in [0.4, 0.5) is 5.69 Å². The number of benzene rings is 1. The summed E-state index contributed by atoms with van der Waals surface area (Å²) in [5.74, 6) is -0.555. The van der Waals surface area contributed by atoms with E-state index in [-0.39, 0.29) is 0 Å². The van der Waals surface area contributed by atoms with Gasteiger partial charge in [0.05, 0.1) is 27.7 Å². The molecule has 6 heteroatoms. The van der Waals surface area contributed by atoms with Gasteiger partial charge >= 0.3 is 0 Å². The predicted octanol–water partition coefficient (Wildman–Crippen LogP) is 1.82. The van der Waals surface area contributed by atoms with E-state index < -0.39 is 5.91 Å². The lowest BCUT2D eigenvalue weighted by atomic mass is 10.1. The highest BCUT2D eigenvalue weighted by Gasteiger charge is 2.16. The number of rotatable bonds is 2. The topological polar surface area (TPSA) is 86.9 Å².